The zero-order chi connectivity index (χ0) is 28.6. The first kappa shape index (κ1) is 29.4. The predicted molar refractivity (Wildman–Crippen MR) is 156 cm³/mol. The molecule has 3 aromatic carbocycles. The molecule has 0 bridgehead atoms. The largest absolute Gasteiger partial charge is 0.755 e. The van der Waals surface area contributed by atoms with E-state index in [4.69, 9.17) is 27.6 Å². The van der Waals surface area contributed by atoms with E-state index in [2.05, 4.69) is 5.32 Å². The number of carbonyl (C=O) groups is 2. The maximum absolute atomic E-state index is 13.6. The first-order chi connectivity index (χ1) is 19.3. The van der Waals surface area contributed by atoms with Crippen LogP contribution >= 0.6 is 23.2 Å². The normalized spacial score (nSPS) is 11.6. The Morgan fingerprint density at radius 3 is 2.38 bits per heavy atom. The molecule has 1 aromatic heterocycles. The molecule has 208 valence electrons. The Labute approximate surface area is 244 Å². The molecule has 1 unspecified atom stereocenters. The topological polar surface area (TPSA) is 106 Å². The number of carbonyl (C=O) groups excluding carboxylic acids is 2. The van der Waals surface area contributed by atoms with Crippen molar-refractivity contribution in [1.29, 1.82) is 0 Å². The molecule has 0 aliphatic heterocycles. The fourth-order valence-electron chi connectivity index (χ4n) is 4.12. The minimum Gasteiger partial charge on any atom is -0.755 e. The van der Waals surface area contributed by atoms with Crippen LogP contribution in [0.25, 0.3) is 0 Å². The van der Waals surface area contributed by atoms with Gasteiger partial charge in [0.25, 0.3) is 5.91 Å². The fraction of sp³-hybridized carbons (Fsp3) is 0.172. The van der Waals surface area contributed by atoms with Crippen molar-refractivity contribution in [3.63, 3.8) is 0 Å². The van der Waals surface area contributed by atoms with E-state index in [1.165, 1.54) is 11.2 Å². The average Bonchev–Trinajstić information content (AvgIpc) is 3.44. The summed E-state index contributed by atoms with van der Waals surface area (Å²) in [5, 5.41) is 3.44. The average molecular weight is 600 g/mol. The van der Waals surface area contributed by atoms with Crippen LogP contribution in [0.3, 0.4) is 0 Å². The molecule has 11 heteroatoms. The van der Waals surface area contributed by atoms with Crippen LogP contribution in [0, 0.1) is 0 Å². The van der Waals surface area contributed by atoms with Crippen molar-refractivity contribution in [1.82, 2.24) is 4.90 Å². The van der Waals surface area contributed by atoms with E-state index < -0.39 is 11.3 Å². The highest BCUT2D eigenvalue weighted by atomic mass is 35.5. The number of anilines is 3. The summed E-state index contributed by atoms with van der Waals surface area (Å²) < 4.78 is 31.7. The lowest BCUT2D eigenvalue weighted by atomic mass is 10.1. The summed E-state index contributed by atoms with van der Waals surface area (Å²) in [6, 6.07) is 21.4. The molecule has 1 heterocycles. The maximum atomic E-state index is 13.6. The third kappa shape index (κ3) is 7.31. The van der Waals surface area contributed by atoms with Crippen molar-refractivity contribution < 1.29 is 22.8 Å². The second-order valence-corrected chi connectivity index (χ2v) is 10.5. The number of hydrogen-bond donors (Lipinski definition) is 1. The highest BCUT2D eigenvalue weighted by molar-refractivity contribution is 7.81. The van der Waals surface area contributed by atoms with E-state index >= 15 is 0 Å². The van der Waals surface area contributed by atoms with Crippen LogP contribution in [0.2, 0.25) is 10.0 Å². The van der Waals surface area contributed by atoms with Crippen molar-refractivity contribution in [2.45, 2.75) is 32.9 Å². The Morgan fingerprint density at radius 2 is 1.73 bits per heavy atom. The summed E-state index contributed by atoms with van der Waals surface area (Å²) in [6.07, 6.45) is 2.60. The van der Waals surface area contributed by atoms with E-state index in [0.29, 0.717) is 51.8 Å². The van der Waals surface area contributed by atoms with Crippen LogP contribution in [0.4, 0.5) is 17.1 Å². The predicted octanol–water partition coefficient (Wildman–Crippen LogP) is 7.10. The van der Waals surface area contributed by atoms with Gasteiger partial charge in [0.1, 0.15) is 5.76 Å². The van der Waals surface area contributed by atoms with Gasteiger partial charge in [0.05, 0.1) is 46.0 Å². The third-order valence-corrected chi connectivity index (χ3v) is 7.22. The van der Waals surface area contributed by atoms with E-state index in [9.17, 15) is 18.4 Å². The fourth-order valence-corrected chi connectivity index (χ4v) is 5.16. The van der Waals surface area contributed by atoms with Gasteiger partial charge in [-0.3, -0.25) is 18.1 Å². The molecule has 0 saturated carbocycles. The Hall–Kier alpha value is -3.63. The molecule has 0 spiro atoms. The number of halogens is 2. The lowest BCUT2D eigenvalue weighted by Crippen LogP contribution is -2.31. The molecule has 0 saturated heterocycles. The maximum Gasteiger partial charge on any atom is 0.256 e. The van der Waals surface area contributed by atoms with Crippen LogP contribution in [0.1, 0.15) is 41.4 Å². The molecule has 1 N–H and O–H groups in total. The summed E-state index contributed by atoms with van der Waals surface area (Å²) in [6.45, 7) is 2.01. The lowest BCUT2D eigenvalue weighted by molar-refractivity contribution is -0.116. The number of nitrogens with zero attached hydrogens (tertiary/aromatic N) is 2. The van der Waals surface area contributed by atoms with Crippen molar-refractivity contribution in [3.05, 3.63) is 112 Å². The van der Waals surface area contributed by atoms with Gasteiger partial charge in [-0.1, -0.05) is 42.3 Å². The molecule has 0 radical (unpaired) electrons. The molecule has 40 heavy (non-hydrogen) atoms. The second kappa shape index (κ2) is 13.6. The number of rotatable bonds is 11. The molecule has 0 aliphatic carbocycles. The molecule has 0 aliphatic rings. The number of benzene rings is 3. The van der Waals surface area contributed by atoms with Gasteiger partial charge in [-0.2, -0.15) is 0 Å². The van der Waals surface area contributed by atoms with Crippen LogP contribution in [0.15, 0.2) is 89.5 Å². The zero-order valence-corrected chi connectivity index (χ0v) is 23.8. The Morgan fingerprint density at radius 1 is 0.975 bits per heavy atom. The smallest absolute Gasteiger partial charge is 0.256 e. The van der Waals surface area contributed by atoms with Gasteiger partial charge in [-0.25, -0.2) is 0 Å². The molecule has 1 atom stereocenters. The van der Waals surface area contributed by atoms with Gasteiger partial charge >= 0.3 is 0 Å². The quantitative estimate of drug-likeness (QED) is 0.185. The third-order valence-electron chi connectivity index (χ3n) is 5.95. The van der Waals surface area contributed by atoms with Gasteiger partial charge in [-0.15, -0.1) is 0 Å². The van der Waals surface area contributed by atoms with Crippen LogP contribution in [-0.2, 0) is 29.2 Å². The number of furan rings is 1. The number of amides is 2. The van der Waals surface area contributed by atoms with Crippen molar-refractivity contribution in [2.75, 3.05) is 9.62 Å². The first-order valence-electron chi connectivity index (χ1n) is 12.4. The van der Waals surface area contributed by atoms with Crippen LogP contribution in [-0.4, -0.2) is 25.5 Å². The van der Waals surface area contributed by atoms with E-state index in [1.807, 2.05) is 6.92 Å². The zero-order valence-electron chi connectivity index (χ0n) is 21.5. The summed E-state index contributed by atoms with van der Waals surface area (Å²) in [5.41, 5.74) is 1.95. The SMILES string of the molecule is CCCC(=O)Nc1ccc(N(c2ccc(Cl)cc2CN(Cc2ccco2)C(=O)c2ccccc2Cl)S(=O)[O-])cc1. The van der Waals surface area contributed by atoms with Crippen LogP contribution < -0.4 is 9.62 Å². The molecule has 0 fully saturated rings. The van der Waals surface area contributed by atoms with Gasteiger partial charge in [0.2, 0.25) is 5.91 Å². The highest BCUT2D eigenvalue weighted by Gasteiger charge is 2.23. The van der Waals surface area contributed by atoms with Crippen molar-refractivity contribution in [2.24, 2.45) is 0 Å². The summed E-state index contributed by atoms with van der Waals surface area (Å²) >= 11 is 9.94. The van der Waals surface area contributed by atoms with Gasteiger partial charge in [0.15, 0.2) is 0 Å². The Bertz CT molecular complexity index is 1500. The van der Waals surface area contributed by atoms with Crippen molar-refractivity contribution >= 4 is 63.3 Å². The minimum absolute atomic E-state index is 0.000488. The summed E-state index contributed by atoms with van der Waals surface area (Å²) in [7, 11) is 0. The van der Waals surface area contributed by atoms with Gasteiger partial charge < -0.3 is 19.2 Å². The van der Waals surface area contributed by atoms with E-state index in [1.54, 1.807) is 78.9 Å². The molecule has 2 amide bonds. The standard InChI is InChI=1S/C29H27Cl2N3O5S/c1-2-6-28(35)32-22-11-13-23(14-12-22)34(40(37)38)27-15-10-21(30)17-20(27)18-33(19-24-7-5-16-39-24)29(36)25-8-3-4-9-26(25)31/h3-5,7-17H,2,6,18-19H2,1H3,(H,32,35)(H,37,38)/p-1. The minimum atomic E-state index is -2.73. The van der Waals surface area contributed by atoms with Gasteiger partial charge in [0, 0.05) is 23.7 Å². The summed E-state index contributed by atoms with van der Waals surface area (Å²) in [5.74, 6) is 0.0446. The number of nitrogens with one attached hydrogen (secondary N) is 1. The highest BCUT2D eigenvalue weighted by Crippen LogP contribution is 2.34. The summed E-state index contributed by atoms with van der Waals surface area (Å²) in [4.78, 5) is 27.1. The monoisotopic (exact) mass is 598 g/mol. The van der Waals surface area contributed by atoms with Gasteiger partial charge in [-0.05, 0) is 78.7 Å². The molecular weight excluding hydrogens is 573 g/mol. The Kier molecular flexibility index (Phi) is 10.0. The van der Waals surface area contributed by atoms with E-state index in [-0.39, 0.29) is 29.9 Å². The molecule has 4 rings (SSSR count). The lowest BCUT2D eigenvalue weighted by Gasteiger charge is -2.31. The second-order valence-electron chi connectivity index (χ2n) is 8.85. The number of hydrogen-bond acceptors (Lipinski definition) is 5. The van der Waals surface area contributed by atoms with Crippen molar-refractivity contribution in [3.8, 4) is 0 Å². The molecular formula is C29H26Cl2N3O5S-. The molecule has 8 nitrogen and oxygen atoms in total. The molecule has 4 aromatic rings. The van der Waals surface area contributed by atoms with E-state index in [0.717, 1.165) is 4.31 Å². The van der Waals surface area contributed by atoms with Crippen LogP contribution in [0.5, 0.6) is 0 Å². The Balaban J connectivity index is 1.70. The first-order valence-corrected chi connectivity index (χ1v) is 14.2.